The standard InChI is InChI=1S/C17H29N3S/c1-12-19-14(10-21-12)8-20-9-15(16(2,3)4)18-11-17(20,5)13-6-7-13/h10,13,15,18H,6-9,11H2,1-5H3. The van der Waals surface area contributed by atoms with E-state index in [2.05, 4.69) is 50.2 Å². The summed E-state index contributed by atoms with van der Waals surface area (Å²) >= 11 is 1.77. The Labute approximate surface area is 133 Å². The second-order valence-corrected chi connectivity index (χ2v) is 9.23. The molecule has 0 bridgehead atoms. The highest BCUT2D eigenvalue weighted by molar-refractivity contribution is 7.09. The second kappa shape index (κ2) is 5.32. The fourth-order valence-corrected chi connectivity index (χ4v) is 4.15. The smallest absolute Gasteiger partial charge is 0.0897 e. The van der Waals surface area contributed by atoms with Crippen LogP contribution < -0.4 is 5.32 Å². The van der Waals surface area contributed by atoms with E-state index < -0.39 is 0 Å². The zero-order chi connectivity index (χ0) is 15.3. The second-order valence-electron chi connectivity index (χ2n) is 8.17. The summed E-state index contributed by atoms with van der Waals surface area (Å²) in [5, 5.41) is 7.25. The molecule has 2 heterocycles. The van der Waals surface area contributed by atoms with Gasteiger partial charge in [0.15, 0.2) is 0 Å². The first kappa shape index (κ1) is 15.4. The van der Waals surface area contributed by atoms with Crippen LogP contribution in [-0.4, -0.2) is 34.6 Å². The minimum atomic E-state index is 0.305. The first-order valence-corrected chi connectivity index (χ1v) is 9.06. The number of nitrogens with one attached hydrogen (secondary N) is 1. The maximum absolute atomic E-state index is 4.69. The molecule has 4 heteroatoms. The van der Waals surface area contributed by atoms with Crippen molar-refractivity contribution in [1.82, 2.24) is 15.2 Å². The monoisotopic (exact) mass is 307 g/mol. The number of piperazine rings is 1. The van der Waals surface area contributed by atoms with E-state index in [9.17, 15) is 0 Å². The van der Waals surface area contributed by atoms with Crippen LogP contribution >= 0.6 is 11.3 Å². The van der Waals surface area contributed by atoms with Gasteiger partial charge in [0.1, 0.15) is 0 Å². The SMILES string of the molecule is Cc1nc(CN2CC(C(C)(C)C)NCC2(C)C2CC2)cs1. The van der Waals surface area contributed by atoms with E-state index in [1.54, 1.807) is 11.3 Å². The molecular formula is C17H29N3S. The number of hydrogen-bond acceptors (Lipinski definition) is 4. The van der Waals surface area contributed by atoms with E-state index in [0.29, 0.717) is 17.0 Å². The van der Waals surface area contributed by atoms with Gasteiger partial charge >= 0.3 is 0 Å². The van der Waals surface area contributed by atoms with Crippen LogP contribution in [-0.2, 0) is 6.54 Å². The van der Waals surface area contributed by atoms with Crippen LogP contribution in [0.1, 0.15) is 51.2 Å². The Kier molecular flexibility index (Phi) is 3.92. The lowest BCUT2D eigenvalue weighted by Crippen LogP contribution is -2.66. The van der Waals surface area contributed by atoms with Gasteiger partial charge in [-0.15, -0.1) is 11.3 Å². The number of thiazole rings is 1. The van der Waals surface area contributed by atoms with Crippen molar-refractivity contribution in [2.75, 3.05) is 13.1 Å². The van der Waals surface area contributed by atoms with Crippen molar-refractivity contribution in [2.24, 2.45) is 11.3 Å². The van der Waals surface area contributed by atoms with E-state index in [1.165, 1.54) is 23.5 Å². The highest BCUT2D eigenvalue weighted by Gasteiger charge is 2.49. The van der Waals surface area contributed by atoms with Crippen molar-refractivity contribution in [2.45, 2.75) is 65.6 Å². The van der Waals surface area contributed by atoms with Gasteiger partial charge in [0.05, 0.1) is 10.7 Å². The van der Waals surface area contributed by atoms with Crippen molar-refractivity contribution in [3.05, 3.63) is 16.1 Å². The summed E-state index contributed by atoms with van der Waals surface area (Å²) in [6.45, 7) is 14.8. The average Bonchev–Trinajstić information content (AvgIpc) is 3.16. The molecule has 2 atom stereocenters. The molecule has 3 nitrogen and oxygen atoms in total. The first-order valence-electron chi connectivity index (χ1n) is 8.18. The van der Waals surface area contributed by atoms with Crippen molar-refractivity contribution < 1.29 is 0 Å². The maximum Gasteiger partial charge on any atom is 0.0897 e. The van der Waals surface area contributed by atoms with E-state index in [0.717, 1.165) is 25.6 Å². The van der Waals surface area contributed by atoms with Crippen LogP contribution in [0.2, 0.25) is 0 Å². The van der Waals surface area contributed by atoms with Crippen LogP contribution in [0.3, 0.4) is 0 Å². The summed E-state index contributed by atoms with van der Waals surface area (Å²) in [6.07, 6.45) is 2.79. The molecule has 3 rings (SSSR count). The quantitative estimate of drug-likeness (QED) is 0.927. The molecule has 1 aromatic rings. The third kappa shape index (κ3) is 3.17. The minimum Gasteiger partial charge on any atom is -0.310 e. The molecule has 2 aliphatic rings. The van der Waals surface area contributed by atoms with Gasteiger partial charge < -0.3 is 5.32 Å². The number of aromatic nitrogens is 1. The van der Waals surface area contributed by atoms with Crippen molar-refractivity contribution in [3.8, 4) is 0 Å². The Hall–Kier alpha value is -0.450. The fourth-order valence-electron chi connectivity index (χ4n) is 3.54. The molecule has 1 aliphatic heterocycles. The molecule has 2 fully saturated rings. The lowest BCUT2D eigenvalue weighted by molar-refractivity contribution is 0.00344. The van der Waals surface area contributed by atoms with Gasteiger partial charge in [-0.05, 0) is 38.0 Å². The van der Waals surface area contributed by atoms with Gasteiger partial charge in [-0.1, -0.05) is 20.8 Å². The Balaban J connectivity index is 1.79. The summed E-state index contributed by atoms with van der Waals surface area (Å²) in [5.41, 5.74) is 1.86. The van der Waals surface area contributed by atoms with Gasteiger partial charge in [0.2, 0.25) is 0 Å². The normalized spacial score (nSPS) is 31.6. The summed E-state index contributed by atoms with van der Waals surface area (Å²) in [4.78, 5) is 7.41. The first-order chi connectivity index (χ1) is 9.79. The third-order valence-corrected chi connectivity index (χ3v) is 6.18. The lowest BCUT2D eigenvalue weighted by Gasteiger charge is -2.51. The summed E-state index contributed by atoms with van der Waals surface area (Å²) in [7, 11) is 0. The summed E-state index contributed by atoms with van der Waals surface area (Å²) in [5.74, 6) is 0.866. The molecule has 0 aromatic carbocycles. The molecule has 1 aromatic heterocycles. The zero-order valence-electron chi connectivity index (χ0n) is 14.1. The van der Waals surface area contributed by atoms with Gasteiger partial charge in [0, 0.05) is 36.6 Å². The van der Waals surface area contributed by atoms with Crippen molar-refractivity contribution >= 4 is 11.3 Å². The molecule has 0 spiro atoms. The molecule has 0 amide bonds. The largest absolute Gasteiger partial charge is 0.310 e. The van der Waals surface area contributed by atoms with Crippen molar-refractivity contribution in [3.63, 3.8) is 0 Å². The number of rotatable bonds is 3. The number of nitrogens with zero attached hydrogens (tertiary/aromatic N) is 2. The molecule has 2 unspecified atom stereocenters. The van der Waals surface area contributed by atoms with Gasteiger partial charge in [-0.25, -0.2) is 4.98 Å². The summed E-state index contributed by atoms with van der Waals surface area (Å²) < 4.78 is 0. The molecule has 1 N–H and O–H groups in total. The van der Waals surface area contributed by atoms with Crippen LogP contribution in [0, 0.1) is 18.3 Å². The van der Waals surface area contributed by atoms with E-state index in [-0.39, 0.29) is 0 Å². The predicted octanol–water partition coefficient (Wildman–Crippen LogP) is 3.44. The molecule has 1 saturated carbocycles. The van der Waals surface area contributed by atoms with Gasteiger partial charge in [-0.3, -0.25) is 4.90 Å². The zero-order valence-corrected chi connectivity index (χ0v) is 14.9. The van der Waals surface area contributed by atoms with Crippen LogP contribution in [0.25, 0.3) is 0 Å². The van der Waals surface area contributed by atoms with Gasteiger partial charge in [-0.2, -0.15) is 0 Å². The fraction of sp³-hybridized carbons (Fsp3) is 0.824. The lowest BCUT2D eigenvalue weighted by atomic mass is 9.81. The maximum atomic E-state index is 4.69. The Morgan fingerprint density at radius 1 is 1.43 bits per heavy atom. The molecular weight excluding hydrogens is 278 g/mol. The minimum absolute atomic E-state index is 0.305. The molecule has 118 valence electrons. The predicted molar refractivity (Wildman–Crippen MR) is 89.6 cm³/mol. The highest BCUT2D eigenvalue weighted by atomic mass is 32.1. The summed E-state index contributed by atoms with van der Waals surface area (Å²) in [6, 6.07) is 0.559. The Morgan fingerprint density at radius 3 is 2.67 bits per heavy atom. The highest BCUT2D eigenvalue weighted by Crippen LogP contribution is 2.45. The Morgan fingerprint density at radius 2 is 2.14 bits per heavy atom. The van der Waals surface area contributed by atoms with Crippen LogP contribution in [0.15, 0.2) is 5.38 Å². The third-order valence-electron chi connectivity index (χ3n) is 5.35. The topological polar surface area (TPSA) is 28.2 Å². The number of aryl methyl sites for hydroxylation is 1. The molecule has 1 aliphatic carbocycles. The molecule has 1 saturated heterocycles. The molecule has 0 radical (unpaired) electrons. The van der Waals surface area contributed by atoms with Crippen LogP contribution in [0.4, 0.5) is 0 Å². The number of hydrogen-bond donors (Lipinski definition) is 1. The van der Waals surface area contributed by atoms with Crippen LogP contribution in [0.5, 0.6) is 0 Å². The van der Waals surface area contributed by atoms with Crippen molar-refractivity contribution in [1.29, 1.82) is 0 Å². The van der Waals surface area contributed by atoms with E-state index in [4.69, 9.17) is 4.98 Å². The average molecular weight is 308 g/mol. The Bertz CT molecular complexity index is 500. The molecule has 21 heavy (non-hydrogen) atoms. The van der Waals surface area contributed by atoms with Gasteiger partial charge in [0.25, 0.3) is 0 Å². The van der Waals surface area contributed by atoms with E-state index >= 15 is 0 Å². The van der Waals surface area contributed by atoms with E-state index in [1.807, 2.05) is 0 Å².